The summed E-state index contributed by atoms with van der Waals surface area (Å²) in [4.78, 5) is 1.03. The average Bonchev–Trinajstić information content (AvgIpc) is 2.94. The largest absolute Gasteiger partial charge is 0.399 e. The van der Waals surface area contributed by atoms with Crippen molar-refractivity contribution in [2.75, 3.05) is 23.8 Å². The monoisotopic (exact) mass is 342 g/mol. The summed E-state index contributed by atoms with van der Waals surface area (Å²) in [6.07, 6.45) is 0.730. The highest BCUT2D eigenvalue weighted by atomic mass is 32.2. The number of sulfonamides is 1. The van der Waals surface area contributed by atoms with E-state index >= 15 is 0 Å². The molecule has 0 amide bonds. The first kappa shape index (κ1) is 16.4. The van der Waals surface area contributed by atoms with Gasteiger partial charge in [0.25, 0.3) is 0 Å². The van der Waals surface area contributed by atoms with Gasteiger partial charge in [0.1, 0.15) is 0 Å². The molecule has 0 radical (unpaired) electrons. The minimum absolute atomic E-state index is 0.117. The summed E-state index contributed by atoms with van der Waals surface area (Å²) in [5.41, 5.74) is 7.48. The molecule has 2 aromatic rings. The number of nitrogen functional groups attached to an aromatic ring is 1. The Morgan fingerprint density at radius 3 is 2.62 bits per heavy atom. The van der Waals surface area contributed by atoms with E-state index in [1.54, 1.807) is 11.3 Å². The number of nitrogens with one attached hydrogen (secondary N) is 1. The van der Waals surface area contributed by atoms with Gasteiger partial charge in [0.15, 0.2) is 0 Å². The van der Waals surface area contributed by atoms with Gasteiger partial charge in [-0.25, -0.2) is 13.1 Å². The average molecular weight is 343 g/mol. The van der Waals surface area contributed by atoms with Crippen molar-refractivity contribution in [1.82, 2.24) is 4.72 Å². The molecule has 1 aromatic heterocycles. The molecule has 0 saturated carbocycles. The van der Waals surface area contributed by atoms with Crippen molar-refractivity contribution in [3.8, 4) is 0 Å². The lowest BCUT2D eigenvalue weighted by atomic mass is 10.2. The van der Waals surface area contributed by atoms with Crippen LogP contribution in [0.1, 0.15) is 5.56 Å². The first-order valence-electron chi connectivity index (χ1n) is 6.52. The van der Waals surface area contributed by atoms with Gasteiger partial charge < -0.3 is 5.73 Å². The van der Waals surface area contributed by atoms with E-state index in [-0.39, 0.29) is 5.75 Å². The van der Waals surface area contributed by atoms with Crippen LogP contribution in [-0.4, -0.2) is 26.5 Å². The van der Waals surface area contributed by atoms with Gasteiger partial charge in [0.05, 0.1) is 5.75 Å². The standard InChI is InChI=1S/C14H18N2O2S3/c15-13-1-3-14(4-2-13)20-9-10-21(17,18)16-7-5-12-6-8-19-11-12/h1-4,6,8,11,16H,5,7,9-10,15H2. The molecule has 0 aliphatic heterocycles. The number of rotatable bonds is 8. The second-order valence-corrected chi connectivity index (χ2v) is 8.39. The number of nitrogens with two attached hydrogens (primary N) is 1. The topological polar surface area (TPSA) is 72.2 Å². The number of thioether (sulfide) groups is 1. The molecule has 114 valence electrons. The van der Waals surface area contributed by atoms with E-state index in [0.29, 0.717) is 18.0 Å². The quantitative estimate of drug-likeness (QED) is 0.571. The summed E-state index contributed by atoms with van der Waals surface area (Å²) in [6.45, 7) is 0.450. The Kier molecular flexibility index (Phi) is 6.10. The van der Waals surface area contributed by atoms with E-state index in [1.807, 2.05) is 41.1 Å². The van der Waals surface area contributed by atoms with Gasteiger partial charge >= 0.3 is 0 Å². The van der Waals surface area contributed by atoms with Crippen LogP contribution >= 0.6 is 23.1 Å². The third-order valence-corrected chi connectivity index (χ3v) is 6.21. The van der Waals surface area contributed by atoms with Crippen LogP contribution in [0.15, 0.2) is 46.0 Å². The van der Waals surface area contributed by atoms with Crippen LogP contribution in [0.5, 0.6) is 0 Å². The lowest BCUT2D eigenvalue weighted by molar-refractivity contribution is 0.583. The Bertz CT molecular complexity index is 637. The van der Waals surface area contributed by atoms with Crippen molar-refractivity contribution in [2.45, 2.75) is 11.3 Å². The van der Waals surface area contributed by atoms with Crippen LogP contribution in [-0.2, 0) is 16.4 Å². The molecule has 21 heavy (non-hydrogen) atoms. The van der Waals surface area contributed by atoms with Crippen molar-refractivity contribution in [1.29, 1.82) is 0 Å². The van der Waals surface area contributed by atoms with Crippen LogP contribution in [0, 0.1) is 0 Å². The normalized spacial score (nSPS) is 11.6. The van der Waals surface area contributed by atoms with E-state index in [9.17, 15) is 8.42 Å². The molecule has 0 atom stereocenters. The highest BCUT2D eigenvalue weighted by Crippen LogP contribution is 2.19. The summed E-state index contributed by atoms with van der Waals surface area (Å²) >= 11 is 3.13. The molecule has 3 N–H and O–H groups in total. The van der Waals surface area contributed by atoms with E-state index in [1.165, 1.54) is 17.3 Å². The molecule has 0 spiro atoms. The van der Waals surface area contributed by atoms with Gasteiger partial charge in [-0.2, -0.15) is 11.3 Å². The van der Waals surface area contributed by atoms with Crippen LogP contribution in [0.4, 0.5) is 5.69 Å². The number of benzene rings is 1. The first-order chi connectivity index (χ1) is 10.1. The molecule has 4 nitrogen and oxygen atoms in total. The molecule has 0 saturated heterocycles. The number of hydrogen-bond acceptors (Lipinski definition) is 5. The van der Waals surface area contributed by atoms with Crippen molar-refractivity contribution in [2.24, 2.45) is 0 Å². The van der Waals surface area contributed by atoms with Crippen LogP contribution < -0.4 is 10.5 Å². The highest BCUT2D eigenvalue weighted by Gasteiger charge is 2.09. The summed E-state index contributed by atoms with van der Waals surface area (Å²) < 4.78 is 26.4. The lowest BCUT2D eigenvalue weighted by Gasteiger charge is -2.06. The molecular formula is C14H18N2O2S3. The van der Waals surface area contributed by atoms with Gasteiger partial charge in [-0.3, -0.25) is 0 Å². The van der Waals surface area contributed by atoms with Crippen LogP contribution in [0.3, 0.4) is 0 Å². The summed E-state index contributed by atoms with van der Waals surface area (Å²) in [7, 11) is -3.21. The minimum Gasteiger partial charge on any atom is -0.399 e. The van der Waals surface area contributed by atoms with Crippen molar-refractivity contribution in [3.05, 3.63) is 46.7 Å². The van der Waals surface area contributed by atoms with Crippen LogP contribution in [0.2, 0.25) is 0 Å². The van der Waals surface area contributed by atoms with Crippen molar-refractivity contribution >= 4 is 38.8 Å². The predicted molar refractivity (Wildman–Crippen MR) is 91.4 cm³/mol. The highest BCUT2D eigenvalue weighted by molar-refractivity contribution is 8.00. The first-order valence-corrected chi connectivity index (χ1v) is 10.1. The minimum atomic E-state index is -3.21. The van der Waals surface area contributed by atoms with Gasteiger partial charge in [0, 0.05) is 22.9 Å². The van der Waals surface area contributed by atoms with Gasteiger partial charge in [-0.05, 0) is 53.1 Å². The molecule has 0 unspecified atom stereocenters. The fraction of sp³-hybridized carbons (Fsp3) is 0.286. The van der Waals surface area contributed by atoms with Gasteiger partial charge in [0.2, 0.25) is 10.0 Å². The van der Waals surface area contributed by atoms with E-state index in [4.69, 9.17) is 5.73 Å². The number of hydrogen-bond donors (Lipinski definition) is 2. The Hall–Kier alpha value is -1.02. The zero-order chi connectivity index (χ0) is 15.1. The zero-order valence-corrected chi connectivity index (χ0v) is 13.9. The molecule has 0 aliphatic rings. The fourth-order valence-electron chi connectivity index (χ4n) is 1.69. The van der Waals surface area contributed by atoms with Crippen molar-refractivity contribution < 1.29 is 8.42 Å². The third-order valence-electron chi connectivity index (χ3n) is 2.82. The molecule has 0 fully saturated rings. The van der Waals surface area contributed by atoms with Crippen LogP contribution in [0.25, 0.3) is 0 Å². The maximum atomic E-state index is 11.9. The van der Waals surface area contributed by atoms with Gasteiger partial charge in [-0.15, -0.1) is 11.8 Å². The Morgan fingerprint density at radius 2 is 1.95 bits per heavy atom. The molecule has 0 aliphatic carbocycles. The molecule has 0 bridgehead atoms. The molecule has 1 aromatic carbocycles. The number of thiophene rings is 1. The molecule has 7 heteroatoms. The van der Waals surface area contributed by atoms with E-state index in [2.05, 4.69) is 4.72 Å². The maximum absolute atomic E-state index is 11.9. The Labute approximate surface area is 133 Å². The predicted octanol–water partition coefficient (Wildman–Crippen LogP) is 2.58. The smallest absolute Gasteiger partial charge is 0.212 e. The van der Waals surface area contributed by atoms with E-state index in [0.717, 1.165) is 11.3 Å². The lowest BCUT2D eigenvalue weighted by Crippen LogP contribution is -2.29. The summed E-state index contributed by atoms with van der Waals surface area (Å²) in [5.74, 6) is 0.642. The van der Waals surface area contributed by atoms with Gasteiger partial charge in [-0.1, -0.05) is 0 Å². The summed E-state index contributed by atoms with van der Waals surface area (Å²) in [6, 6.07) is 9.44. The fourth-order valence-corrected chi connectivity index (χ4v) is 4.73. The molecular weight excluding hydrogens is 324 g/mol. The summed E-state index contributed by atoms with van der Waals surface area (Å²) in [5, 5.41) is 4.03. The molecule has 2 rings (SSSR count). The molecule has 1 heterocycles. The Morgan fingerprint density at radius 1 is 1.19 bits per heavy atom. The second-order valence-electron chi connectivity index (χ2n) is 4.51. The second kappa shape index (κ2) is 7.84. The Balaban J connectivity index is 1.69. The SMILES string of the molecule is Nc1ccc(SCCS(=O)(=O)NCCc2ccsc2)cc1. The number of anilines is 1. The maximum Gasteiger partial charge on any atom is 0.212 e. The van der Waals surface area contributed by atoms with E-state index < -0.39 is 10.0 Å². The third kappa shape index (κ3) is 6.09. The van der Waals surface area contributed by atoms with Crippen molar-refractivity contribution in [3.63, 3.8) is 0 Å². The zero-order valence-electron chi connectivity index (χ0n) is 11.5.